The molecule has 0 fully saturated rings. The van der Waals surface area contributed by atoms with Crippen LogP contribution in [0, 0.1) is 0 Å². The summed E-state index contributed by atoms with van der Waals surface area (Å²) in [6, 6.07) is 7.06. The van der Waals surface area contributed by atoms with Crippen molar-refractivity contribution in [2.45, 2.75) is 13.3 Å². The lowest BCUT2D eigenvalue weighted by molar-refractivity contribution is 0.0955. The first kappa shape index (κ1) is 11.3. The van der Waals surface area contributed by atoms with Crippen molar-refractivity contribution in [1.82, 2.24) is 5.32 Å². The number of nitrogens with one attached hydrogen (secondary N) is 1. The van der Waals surface area contributed by atoms with Gasteiger partial charge in [0, 0.05) is 12.2 Å². The molecule has 1 amide bonds. The Morgan fingerprint density at radius 2 is 2.20 bits per heavy atom. The Labute approximate surface area is 90.0 Å². The molecule has 0 heterocycles. The molecule has 1 rings (SSSR count). The molecule has 0 aliphatic heterocycles. The number of allylic oxidation sites excluding steroid dienone is 1. The highest BCUT2D eigenvalue weighted by atomic mass is 16.1. The molecule has 0 bridgehead atoms. The van der Waals surface area contributed by atoms with Gasteiger partial charge in [-0.25, -0.2) is 0 Å². The molecule has 0 unspecified atom stereocenters. The fourth-order valence-corrected chi connectivity index (χ4v) is 1.23. The fourth-order valence-electron chi connectivity index (χ4n) is 1.23. The molecule has 15 heavy (non-hydrogen) atoms. The Hall–Kier alpha value is -1.77. The summed E-state index contributed by atoms with van der Waals surface area (Å²) < 4.78 is 0. The number of hydrogen-bond donors (Lipinski definition) is 2. The third-order valence-electron chi connectivity index (χ3n) is 2.04. The summed E-state index contributed by atoms with van der Waals surface area (Å²) in [6.45, 7) is 2.59. The number of para-hydroxylation sites is 1. The molecule has 0 atom stereocenters. The first-order valence-corrected chi connectivity index (χ1v) is 4.99. The zero-order valence-electron chi connectivity index (χ0n) is 8.86. The first-order valence-electron chi connectivity index (χ1n) is 4.99. The minimum absolute atomic E-state index is 0.113. The largest absolute Gasteiger partial charge is 0.398 e. The second kappa shape index (κ2) is 5.86. The Morgan fingerprint density at radius 3 is 2.87 bits per heavy atom. The first-order chi connectivity index (χ1) is 7.25. The van der Waals surface area contributed by atoms with Crippen LogP contribution in [0.3, 0.4) is 0 Å². The lowest BCUT2D eigenvalue weighted by Crippen LogP contribution is -2.24. The van der Waals surface area contributed by atoms with Crippen molar-refractivity contribution in [1.29, 1.82) is 0 Å². The molecule has 0 saturated carbocycles. The van der Waals surface area contributed by atoms with E-state index in [-0.39, 0.29) is 5.91 Å². The third-order valence-corrected chi connectivity index (χ3v) is 2.04. The molecule has 80 valence electrons. The number of amides is 1. The van der Waals surface area contributed by atoms with Gasteiger partial charge in [-0.1, -0.05) is 24.3 Å². The predicted molar refractivity (Wildman–Crippen MR) is 62.6 cm³/mol. The van der Waals surface area contributed by atoms with E-state index in [4.69, 9.17) is 5.73 Å². The van der Waals surface area contributed by atoms with Crippen LogP contribution in [0.25, 0.3) is 0 Å². The smallest absolute Gasteiger partial charge is 0.253 e. The second-order valence-electron chi connectivity index (χ2n) is 3.20. The van der Waals surface area contributed by atoms with E-state index in [1.165, 1.54) is 0 Å². The molecular weight excluding hydrogens is 188 g/mol. The van der Waals surface area contributed by atoms with Gasteiger partial charge >= 0.3 is 0 Å². The molecule has 0 saturated heterocycles. The number of hydrogen-bond acceptors (Lipinski definition) is 2. The Balaban J connectivity index is 2.51. The van der Waals surface area contributed by atoms with Gasteiger partial charge in [0.05, 0.1) is 5.56 Å². The van der Waals surface area contributed by atoms with Crippen LogP contribution in [0.15, 0.2) is 36.4 Å². The average molecular weight is 204 g/mol. The highest BCUT2D eigenvalue weighted by Gasteiger charge is 2.06. The lowest BCUT2D eigenvalue weighted by Gasteiger charge is -2.05. The maximum absolute atomic E-state index is 11.6. The average Bonchev–Trinajstić information content (AvgIpc) is 2.25. The molecule has 0 radical (unpaired) electrons. The summed E-state index contributed by atoms with van der Waals surface area (Å²) in [5.41, 5.74) is 6.73. The molecule has 0 aromatic heterocycles. The zero-order valence-corrected chi connectivity index (χ0v) is 8.86. The van der Waals surface area contributed by atoms with Crippen molar-refractivity contribution >= 4 is 11.6 Å². The summed E-state index contributed by atoms with van der Waals surface area (Å²) in [5.74, 6) is -0.113. The molecule has 1 aromatic rings. The van der Waals surface area contributed by atoms with Gasteiger partial charge in [0.2, 0.25) is 0 Å². The third kappa shape index (κ3) is 3.46. The van der Waals surface area contributed by atoms with Gasteiger partial charge in [-0.05, 0) is 25.5 Å². The van der Waals surface area contributed by atoms with Crippen LogP contribution in [-0.4, -0.2) is 12.5 Å². The Kier molecular flexibility index (Phi) is 4.41. The number of nitrogen functional groups attached to an aromatic ring is 1. The van der Waals surface area contributed by atoms with Crippen molar-refractivity contribution in [3.8, 4) is 0 Å². The SMILES string of the molecule is C/C=C/CCNC(=O)c1ccccc1N. The van der Waals surface area contributed by atoms with Crippen LogP contribution in [0.4, 0.5) is 5.69 Å². The maximum Gasteiger partial charge on any atom is 0.253 e. The summed E-state index contributed by atoms with van der Waals surface area (Å²) in [5, 5.41) is 2.80. The number of anilines is 1. The topological polar surface area (TPSA) is 55.1 Å². The van der Waals surface area contributed by atoms with Crippen LogP contribution >= 0.6 is 0 Å². The molecule has 0 aliphatic rings. The molecule has 0 aliphatic carbocycles. The summed E-state index contributed by atoms with van der Waals surface area (Å²) in [7, 11) is 0. The number of benzene rings is 1. The highest BCUT2D eigenvalue weighted by molar-refractivity contribution is 5.98. The van der Waals surface area contributed by atoms with E-state index in [0.29, 0.717) is 17.8 Å². The van der Waals surface area contributed by atoms with E-state index >= 15 is 0 Å². The molecular formula is C12H16N2O. The molecule has 1 aromatic carbocycles. The summed E-state index contributed by atoms with van der Waals surface area (Å²) in [6.07, 6.45) is 4.81. The Morgan fingerprint density at radius 1 is 1.47 bits per heavy atom. The van der Waals surface area contributed by atoms with Gasteiger partial charge in [-0.3, -0.25) is 4.79 Å². The normalized spacial score (nSPS) is 10.5. The van der Waals surface area contributed by atoms with Gasteiger partial charge in [-0.2, -0.15) is 0 Å². The van der Waals surface area contributed by atoms with Crippen molar-refractivity contribution in [2.75, 3.05) is 12.3 Å². The van der Waals surface area contributed by atoms with E-state index in [0.717, 1.165) is 6.42 Å². The van der Waals surface area contributed by atoms with Gasteiger partial charge < -0.3 is 11.1 Å². The molecule has 3 N–H and O–H groups in total. The number of carbonyl (C=O) groups excluding carboxylic acids is 1. The van der Waals surface area contributed by atoms with E-state index in [1.807, 2.05) is 25.1 Å². The minimum Gasteiger partial charge on any atom is -0.398 e. The van der Waals surface area contributed by atoms with Gasteiger partial charge in [0.1, 0.15) is 0 Å². The number of carbonyl (C=O) groups is 1. The van der Waals surface area contributed by atoms with Crippen molar-refractivity contribution < 1.29 is 4.79 Å². The van der Waals surface area contributed by atoms with E-state index < -0.39 is 0 Å². The van der Waals surface area contributed by atoms with Crippen LogP contribution in [-0.2, 0) is 0 Å². The highest BCUT2D eigenvalue weighted by Crippen LogP contribution is 2.09. The second-order valence-corrected chi connectivity index (χ2v) is 3.20. The van der Waals surface area contributed by atoms with E-state index in [2.05, 4.69) is 5.32 Å². The molecule has 3 heteroatoms. The fraction of sp³-hybridized carbons (Fsp3) is 0.250. The van der Waals surface area contributed by atoms with Crippen LogP contribution in [0.5, 0.6) is 0 Å². The van der Waals surface area contributed by atoms with Gasteiger partial charge in [0.15, 0.2) is 0 Å². The lowest BCUT2D eigenvalue weighted by atomic mass is 10.1. The van der Waals surface area contributed by atoms with Crippen LogP contribution < -0.4 is 11.1 Å². The zero-order chi connectivity index (χ0) is 11.1. The quantitative estimate of drug-likeness (QED) is 0.447. The molecule has 3 nitrogen and oxygen atoms in total. The monoisotopic (exact) mass is 204 g/mol. The summed E-state index contributed by atoms with van der Waals surface area (Å²) >= 11 is 0. The van der Waals surface area contributed by atoms with Crippen LogP contribution in [0.2, 0.25) is 0 Å². The van der Waals surface area contributed by atoms with Crippen LogP contribution in [0.1, 0.15) is 23.7 Å². The van der Waals surface area contributed by atoms with Crippen molar-refractivity contribution in [3.63, 3.8) is 0 Å². The minimum atomic E-state index is -0.113. The summed E-state index contributed by atoms with van der Waals surface area (Å²) in [4.78, 5) is 11.6. The molecule has 0 spiro atoms. The van der Waals surface area contributed by atoms with E-state index in [9.17, 15) is 4.79 Å². The van der Waals surface area contributed by atoms with Gasteiger partial charge in [-0.15, -0.1) is 0 Å². The van der Waals surface area contributed by atoms with Crippen molar-refractivity contribution in [2.24, 2.45) is 0 Å². The van der Waals surface area contributed by atoms with E-state index in [1.54, 1.807) is 18.2 Å². The van der Waals surface area contributed by atoms with Gasteiger partial charge in [0.25, 0.3) is 5.91 Å². The van der Waals surface area contributed by atoms with Crippen molar-refractivity contribution in [3.05, 3.63) is 42.0 Å². The predicted octanol–water partition coefficient (Wildman–Crippen LogP) is 1.96. The number of nitrogens with two attached hydrogens (primary N) is 1. The maximum atomic E-state index is 11.6. The standard InChI is InChI=1S/C12H16N2O/c1-2-3-6-9-14-12(15)10-7-4-5-8-11(10)13/h2-5,7-8H,6,9,13H2,1H3,(H,14,15)/b3-2+. The number of rotatable bonds is 4. The Bertz CT molecular complexity index is 358.